The number of thiazole rings is 1. The number of hydrogen-bond acceptors (Lipinski definition) is 4. The molecule has 0 saturated heterocycles. The van der Waals surface area contributed by atoms with Gasteiger partial charge in [-0.3, -0.25) is 4.68 Å². The molecule has 0 spiro atoms. The average molecular weight is 410 g/mol. The molecule has 0 aliphatic heterocycles. The first kappa shape index (κ1) is 18.9. The van der Waals surface area contributed by atoms with Gasteiger partial charge in [-0.05, 0) is 29.2 Å². The van der Waals surface area contributed by atoms with E-state index in [1.54, 1.807) is 23.5 Å². The fraction of sp³-hybridized carbons (Fsp3) is 0.227. The third-order valence-corrected chi connectivity index (χ3v) is 6.40. The van der Waals surface area contributed by atoms with Gasteiger partial charge in [0.2, 0.25) is 0 Å². The van der Waals surface area contributed by atoms with Crippen LogP contribution in [0.1, 0.15) is 31.2 Å². The number of halogens is 1. The van der Waals surface area contributed by atoms with E-state index in [1.165, 1.54) is 17.0 Å². The monoisotopic (exact) mass is 409 g/mol. The van der Waals surface area contributed by atoms with Crippen molar-refractivity contribution in [3.05, 3.63) is 75.5 Å². The highest BCUT2D eigenvalue weighted by Crippen LogP contribution is 2.33. The van der Waals surface area contributed by atoms with E-state index in [9.17, 15) is 4.39 Å². The van der Waals surface area contributed by atoms with Gasteiger partial charge in [-0.25, -0.2) is 9.37 Å². The van der Waals surface area contributed by atoms with E-state index in [0.29, 0.717) is 11.1 Å². The molecule has 0 atom stereocenters. The molecule has 2 aromatic heterocycles. The predicted molar refractivity (Wildman–Crippen MR) is 116 cm³/mol. The highest BCUT2D eigenvalue weighted by molar-refractivity contribution is 7.71. The summed E-state index contributed by atoms with van der Waals surface area (Å²) in [5.41, 5.74) is 2.67. The van der Waals surface area contributed by atoms with Crippen molar-refractivity contribution in [1.82, 2.24) is 14.8 Å². The Morgan fingerprint density at radius 3 is 2.46 bits per heavy atom. The maximum absolute atomic E-state index is 13.3. The van der Waals surface area contributed by atoms with Crippen LogP contribution in [0.3, 0.4) is 0 Å². The Hall–Kier alpha value is -2.44. The molecule has 0 aliphatic rings. The van der Waals surface area contributed by atoms with Crippen molar-refractivity contribution in [1.29, 1.82) is 0 Å². The molecule has 4 rings (SSSR count). The first-order valence-corrected chi connectivity index (χ1v) is 10.3. The summed E-state index contributed by atoms with van der Waals surface area (Å²) < 4.78 is 15.9. The molecule has 3 nitrogen and oxygen atoms in total. The van der Waals surface area contributed by atoms with Crippen LogP contribution in [0.15, 0.2) is 54.7 Å². The lowest BCUT2D eigenvalue weighted by Crippen LogP contribution is -2.08. The summed E-state index contributed by atoms with van der Waals surface area (Å²) >= 11 is 7.39. The van der Waals surface area contributed by atoms with Gasteiger partial charge in [0.05, 0.1) is 16.6 Å². The lowest BCUT2D eigenvalue weighted by Gasteiger charge is -2.14. The lowest BCUT2D eigenvalue weighted by atomic mass is 9.96. The molecule has 0 saturated carbocycles. The first-order valence-electron chi connectivity index (χ1n) is 9.04. The minimum atomic E-state index is -0.245. The van der Waals surface area contributed by atoms with Gasteiger partial charge in [0.15, 0.2) is 0 Å². The summed E-state index contributed by atoms with van der Waals surface area (Å²) in [6.45, 7) is 7.03. The number of benzene rings is 2. The number of hydrogen-bond donors (Lipinski definition) is 0. The second-order valence-corrected chi connectivity index (χ2v) is 9.20. The summed E-state index contributed by atoms with van der Waals surface area (Å²) in [7, 11) is 0. The van der Waals surface area contributed by atoms with Crippen molar-refractivity contribution in [2.24, 2.45) is 0 Å². The smallest absolute Gasteiger partial charge is 0.145 e. The van der Waals surface area contributed by atoms with Gasteiger partial charge in [-0.1, -0.05) is 63.3 Å². The normalized spacial score (nSPS) is 11.9. The Labute approximate surface area is 172 Å². The van der Waals surface area contributed by atoms with E-state index in [-0.39, 0.29) is 11.2 Å². The highest BCUT2D eigenvalue weighted by atomic mass is 32.1. The molecule has 0 aliphatic carbocycles. The van der Waals surface area contributed by atoms with Crippen molar-refractivity contribution in [2.45, 2.75) is 32.7 Å². The Kier molecular flexibility index (Phi) is 4.85. The number of para-hydroxylation sites is 1. The van der Waals surface area contributed by atoms with Crippen LogP contribution >= 0.6 is 23.6 Å². The minimum Gasteiger partial charge on any atom is -0.260 e. The molecule has 28 heavy (non-hydrogen) atoms. The van der Waals surface area contributed by atoms with Gasteiger partial charge in [-0.2, -0.15) is 5.10 Å². The van der Waals surface area contributed by atoms with Crippen LogP contribution in [0, 0.1) is 10.3 Å². The van der Waals surface area contributed by atoms with Crippen molar-refractivity contribution in [3.8, 4) is 10.7 Å². The highest BCUT2D eigenvalue weighted by Gasteiger charge is 2.20. The lowest BCUT2D eigenvalue weighted by molar-refractivity contribution is 0.602. The van der Waals surface area contributed by atoms with Crippen LogP contribution < -0.4 is 0 Å². The van der Waals surface area contributed by atoms with Crippen molar-refractivity contribution in [2.75, 3.05) is 0 Å². The molecule has 2 heterocycles. The standard InChI is InChI=1S/C22H20FN3S2/c1-22(2,3)18-12-24-21(28-18)19-20(27)16-6-4-5-7-17(16)26(25-19)13-14-8-10-15(23)11-9-14/h4-12H,13H2,1-3H3. The second kappa shape index (κ2) is 7.18. The Morgan fingerprint density at radius 2 is 1.79 bits per heavy atom. The first-order chi connectivity index (χ1) is 13.3. The zero-order valence-corrected chi connectivity index (χ0v) is 17.6. The molecule has 142 valence electrons. The molecular formula is C22H20FN3S2. The van der Waals surface area contributed by atoms with Crippen LogP contribution in [-0.4, -0.2) is 14.8 Å². The summed E-state index contributed by atoms with van der Waals surface area (Å²) in [6, 6.07) is 14.5. The Balaban J connectivity index is 1.88. The summed E-state index contributed by atoms with van der Waals surface area (Å²) in [6.07, 6.45) is 1.91. The summed E-state index contributed by atoms with van der Waals surface area (Å²) in [5.74, 6) is -0.245. The fourth-order valence-corrected chi connectivity index (χ4v) is 4.33. The third kappa shape index (κ3) is 3.62. The average Bonchev–Trinajstić information content (AvgIpc) is 3.16. The molecule has 4 aromatic rings. The molecule has 0 unspecified atom stereocenters. The topological polar surface area (TPSA) is 30.7 Å². The third-order valence-electron chi connectivity index (χ3n) is 4.56. The number of nitrogens with zero attached hydrogens (tertiary/aromatic N) is 3. The SMILES string of the molecule is CC(C)(C)c1cnc(-c2nn(Cc3ccc(F)cc3)c3ccccc3c2=S)s1. The van der Waals surface area contributed by atoms with Gasteiger partial charge < -0.3 is 0 Å². The van der Waals surface area contributed by atoms with Gasteiger partial charge >= 0.3 is 0 Å². The zero-order chi connectivity index (χ0) is 19.9. The minimum absolute atomic E-state index is 0.0263. The van der Waals surface area contributed by atoms with Gasteiger partial charge in [0, 0.05) is 16.5 Å². The van der Waals surface area contributed by atoms with E-state index in [4.69, 9.17) is 17.3 Å². The van der Waals surface area contributed by atoms with Crippen molar-refractivity contribution < 1.29 is 4.39 Å². The molecule has 0 amide bonds. The van der Waals surface area contributed by atoms with Crippen LogP contribution in [0.2, 0.25) is 0 Å². The molecule has 2 aromatic carbocycles. The zero-order valence-electron chi connectivity index (χ0n) is 15.9. The number of fused-ring (bicyclic) bond motifs is 1. The molecule has 0 N–H and O–H groups in total. The van der Waals surface area contributed by atoms with Gasteiger partial charge in [0.1, 0.15) is 16.5 Å². The van der Waals surface area contributed by atoms with E-state index < -0.39 is 0 Å². The Bertz CT molecular complexity index is 1200. The molecule has 0 radical (unpaired) electrons. The number of aromatic nitrogens is 3. The van der Waals surface area contributed by atoms with E-state index in [0.717, 1.165) is 27.2 Å². The molecular weight excluding hydrogens is 389 g/mol. The number of rotatable bonds is 3. The van der Waals surface area contributed by atoms with Gasteiger partial charge in [-0.15, -0.1) is 11.3 Å². The predicted octanol–water partition coefficient (Wildman–Crippen LogP) is 6.37. The maximum Gasteiger partial charge on any atom is 0.145 e. The van der Waals surface area contributed by atoms with Gasteiger partial charge in [0.25, 0.3) is 0 Å². The van der Waals surface area contributed by atoms with Crippen LogP contribution in [-0.2, 0) is 12.0 Å². The Morgan fingerprint density at radius 1 is 1.07 bits per heavy atom. The van der Waals surface area contributed by atoms with E-state index in [2.05, 4.69) is 25.8 Å². The summed E-state index contributed by atoms with van der Waals surface area (Å²) in [5, 5.41) is 6.65. The molecule has 0 fully saturated rings. The second-order valence-electron chi connectivity index (χ2n) is 7.76. The van der Waals surface area contributed by atoms with Crippen LogP contribution in [0.25, 0.3) is 21.6 Å². The van der Waals surface area contributed by atoms with Crippen LogP contribution in [0.4, 0.5) is 4.39 Å². The fourth-order valence-electron chi connectivity index (χ4n) is 2.99. The summed E-state index contributed by atoms with van der Waals surface area (Å²) in [4.78, 5) is 5.80. The molecule has 6 heteroatoms. The molecule has 0 bridgehead atoms. The van der Waals surface area contributed by atoms with E-state index in [1.807, 2.05) is 35.1 Å². The maximum atomic E-state index is 13.3. The largest absolute Gasteiger partial charge is 0.260 e. The quantitative estimate of drug-likeness (QED) is 0.368. The van der Waals surface area contributed by atoms with E-state index >= 15 is 0 Å². The van der Waals surface area contributed by atoms with Crippen molar-refractivity contribution >= 4 is 34.5 Å². The van der Waals surface area contributed by atoms with Crippen LogP contribution in [0.5, 0.6) is 0 Å². The van der Waals surface area contributed by atoms with Crippen molar-refractivity contribution in [3.63, 3.8) is 0 Å².